The number of halogens is 3. The fraction of sp³-hybridized carbons (Fsp3) is 0.286. The Balaban J connectivity index is 1.87. The molecule has 0 spiro atoms. The molecule has 0 saturated carbocycles. The number of nitrogens with zero attached hydrogens (tertiary/aromatic N) is 5. The van der Waals surface area contributed by atoms with Crippen molar-refractivity contribution in [2.75, 3.05) is 18.0 Å². The number of aromatic nitrogens is 5. The first-order valence-corrected chi connectivity index (χ1v) is 8.47. The first kappa shape index (κ1) is 15.5. The van der Waals surface area contributed by atoms with Gasteiger partial charge >= 0.3 is 0 Å². The molecule has 1 N–H and O–H groups in total. The largest absolute Gasteiger partial charge is 0.342 e. The van der Waals surface area contributed by atoms with E-state index in [0.29, 0.717) is 10.4 Å². The van der Waals surface area contributed by atoms with Gasteiger partial charge in [-0.3, -0.25) is 9.78 Å². The van der Waals surface area contributed by atoms with E-state index in [9.17, 15) is 9.18 Å². The fourth-order valence-electron chi connectivity index (χ4n) is 2.71. The highest BCUT2D eigenvalue weighted by atomic mass is 79.9. The summed E-state index contributed by atoms with van der Waals surface area (Å²) in [5.74, 6) is -0.148. The van der Waals surface area contributed by atoms with Gasteiger partial charge in [-0.25, -0.2) is 4.39 Å². The van der Waals surface area contributed by atoms with Gasteiger partial charge in [0, 0.05) is 17.6 Å². The average molecular weight is 414 g/mol. The molecule has 1 aliphatic rings. The fourth-order valence-corrected chi connectivity index (χ4v) is 3.56. The number of fused-ring (bicyclic) bond motifs is 1. The van der Waals surface area contributed by atoms with Crippen LogP contribution in [0.5, 0.6) is 0 Å². The maximum Gasteiger partial charge on any atom is 0.282 e. The predicted octanol–water partition coefficient (Wildman–Crippen LogP) is 2.66. The van der Waals surface area contributed by atoms with Gasteiger partial charge < -0.3 is 4.90 Å². The molecule has 1 aromatic carbocycles. The Hall–Kier alpha value is -2.00. The minimum absolute atomic E-state index is 0.0278. The molecule has 24 heavy (non-hydrogen) atoms. The van der Waals surface area contributed by atoms with Crippen LogP contribution in [0.3, 0.4) is 0 Å². The zero-order valence-corrected chi connectivity index (χ0v) is 14.6. The van der Waals surface area contributed by atoms with Crippen molar-refractivity contribution in [2.45, 2.75) is 12.8 Å². The normalized spacial score (nSPS) is 14.7. The van der Waals surface area contributed by atoms with Crippen LogP contribution in [0.25, 0.3) is 16.9 Å². The van der Waals surface area contributed by atoms with Crippen LogP contribution in [0, 0.1) is 5.82 Å². The number of aromatic amines is 1. The molecular formula is C14H11BrClFN6O. The van der Waals surface area contributed by atoms with E-state index in [1.807, 2.05) is 4.90 Å². The summed E-state index contributed by atoms with van der Waals surface area (Å²) >= 11 is 9.25. The second kappa shape index (κ2) is 5.82. The molecule has 0 amide bonds. The van der Waals surface area contributed by atoms with E-state index >= 15 is 0 Å². The van der Waals surface area contributed by atoms with Crippen molar-refractivity contribution < 1.29 is 4.39 Å². The molecule has 0 aliphatic carbocycles. The molecule has 3 aromatic rings. The number of hydrogen-bond acceptors (Lipinski definition) is 5. The molecule has 1 fully saturated rings. The summed E-state index contributed by atoms with van der Waals surface area (Å²) in [5.41, 5.74) is -0.253. The highest BCUT2D eigenvalue weighted by molar-refractivity contribution is 9.10. The van der Waals surface area contributed by atoms with Crippen LogP contribution in [0.15, 0.2) is 21.4 Å². The number of H-pyrrole nitrogens is 1. The van der Waals surface area contributed by atoms with Gasteiger partial charge in [0.1, 0.15) is 5.69 Å². The van der Waals surface area contributed by atoms with Crippen LogP contribution in [-0.4, -0.2) is 38.1 Å². The van der Waals surface area contributed by atoms with Gasteiger partial charge in [0.15, 0.2) is 11.3 Å². The van der Waals surface area contributed by atoms with Crippen molar-refractivity contribution in [2.24, 2.45) is 0 Å². The Morgan fingerprint density at radius 3 is 2.71 bits per heavy atom. The smallest absolute Gasteiger partial charge is 0.282 e. The summed E-state index contributed by atoms with van der Waals surface area (Å²) in [5, 5.41) is 8.30. The first-order valence-electron chi connectivity index (χ1n) is 7.30. The number of rotatable bonds is 2. The van der Waals surface area contributed by atoms with Gasteiger partial charge in [-0.05, 0) is 25.0 Å². The monoisotopic (exact) mass is 412 g/mol. The molecular weight excluding hydrogens is 403 g/mol. The van der Waals surface area contributed by atoms with E-state index in [0.717, 1.165) is 30.7 Å². The summed E-state index contributed by atoms with van der Waals surface area (Å²) in [4.78, 5) is 22.3. The van der Waals surface area contributed by atoms with Crippen LogP contribution >= 0.6 is 27.5 Å². The van der Waals surface area contributed by atoms with E-state index in [1.165, 1.54) is 12.1 Å². The Morgan fingerprint density at radius 2 is 2.00 bits per heavy atom. The Kier molecular flexibility index (Phi) is 3.76. The lowest BCUT2D eigenvalue weighted by atomic mass is 10.3. The Labute approximate surface area is 148 Å². The van der Waals surface area contributed by atoms with E-state index in [2.05, 4.69) is 36.1 Å². The lowest BCUT2D eigenvalue weighted by Crippen LogP contribution is -2.23. The zero-order chi connectivity index (χ0) is 16.8. The minimum Gasteiger partial charge on any atom is -0.342 e. The summed E-state index contributed by atoms with van der Waals surface area (Å²) in [6.07, 6.45) is 2.10. The molecule has 0 radical (unpaired) electrons. The highest BCUT2D eigenvalue weighted by Gasteiger charge is 2.20. The van der Waals surface area contributed by atoms with Crippen molar-refractivity contribution in [1.82, 2.24) is 25.0 Å². The molecule has 4 rings (SSSR count). The van der Waals surface area contributed by atoms with Crippen molar-refractivity contribution in [3.63, 3.8) is 0 Å². The number of benzene rings is 1. The summed E-state index contributed by atoms with van der Waals surface area (Å²) in [6.45, 7) is 1.66. The van der Waals surface area contributed by atoms with Gasteiger partial charge in [-0.1, -0.05) is 27.5 Å². The van der Waals surface area contributed by atoms with Crippen molar-refractivity contribution in [3.8, 4) is 5.69 Å². The highest BCUT2D eigenvalue weighted by Crippen LogP contribution is 2.27. The Morgan fingerprint density at radius 1 is 1.25 bits per heavy atom. The zero-order valence-electron chi connectivity index (χ0n) is 12.3. The SMILES string of the molecule is O=c1[nH]c(N2CCCC2)nc2nn(-c3c(F)cc(Br)cc3Cl)nc12. The first-order chi connectivity index (χ1) is 11.5. The topological polar surface area (TPSA) is 79.7 Å². The minimum atomic E-state index is -0.606. The molecule has 124 valence electrons. The third kappa shape index (κ3) is 2.57. The third-order valence-electron chi connectivity index (χ3n) is 3.84. The third-order valence-corrected chi connectivity index (χ3v) is 4.58. The number of anilines is 1. The maximum atomic E-state index is 14.2. The van der Waals surface area contributed by atoms with Crippen molar-refractivity contribution >= 4 is 44.6 Å². The van der Waals surface area contributed by atoms with Crippen LogP contribution in [0.4, 0.5) is 10.3 Å². The lowest BCUT2D eigenvalue weighted by Gasteiger charge is -2.14. The van der Waals surface area contributed by atoms with E-state index in [-0.39, 0.29) is 21.9 Å². The molecule has 0 unspecified atom stereocenters. The summed E-state index contributed by atoms with van der Waals surface area (Å²) in [7, 11) is 0. The Bertz CT molecular complexity index is 974. The quantitative estimate of drug-likeness (QED) is 0.699. The molecule has 1 saturated heterocycles. The van der Waals surface area contributed by atoms with E-state index < -0.39 is 11.4 Å². The van der Waals surface area contributed by atoms with Gasteiger partial charge in [-0.2, -0.15) is 4.98 Å². The van der Waals surface area contributed by atoms with Gasteiger partial charge in [0.05, 0.1) is 5.02 Å². The number of nitrogens with one attached hydrogen (secondary N) is 1. The van der Waals surface area contributed by atoms with Gasteiger partial charge in [0.2, 0.25) is 11.6 Å². The van der Waals surface area contributed by atoms with Crippen molar-refractivity contribution in [3.05, 3.63) is 37.8 Å². The summed E-state index contributed by atoms with van der Waals surface area (Å²) in [6, 6.07) is 2.78. The molecule has 2 aromatic heterocycles. The predicted molar refractivity (Wildman–Crippen MR) is 91.4 cm³/mol. The van der Waals surface area contributed by atoms with Crippen LogP contribution < -0.4 is 10.5 Å². The molecule has 7 nitrogen and oxygen atoms in total. The molecule has 10 heteroatoms. The molecule has 0 bridgehead atoms. The van der Waals surface area contributed by atoms with Crippen molar-refractivity contribution in [1.29, 1.82) is 0 Å². The molecule has 0 atom stereocenters. The summed E-state index contributed by atoms with van der Waals surface area (Å²) < 4.78 is 14.7. The maximum absolute atomic E-state index is 14.2. The molecule has 3 heterocycles. The van der Waals surface area contributed by atoms with Crippen LogP contribution in [-0.2, 0) is 0 Å². The van der Waals surface area contributed by atoms with E-state index in [4.69, 9.17) is 11.6 Å². The standard InChI is InChI=1S/C14H11BrClFN6O/c15-7-5-8(16)11(9(17)6-7)23-20-10-12(21-23)18-14(19-13(10)24)22-3-1-2-4-22/h5-6H,1-4H2,(H,18,19,21,24). The van der Waals surface area contributed by atoms with E-state index in [1.54, 1.807) is 0 Å². The second-order valence-electron chi connectivity index (χ2n) is 5.46. The second-order valence-corrected chi connectivity index (χ2v) is 6.79. The van der Waals surface area contributed by atoms with Gasteiger partial charge in [0.25, 0.3) is 5.56 Å². The van der Waals surface area contributed by atoms with Crippen LogP contribution in [0.1, 0.15) is 12.8 Å². The number of hydrogen-bond donors (Lipinski definition) is 1. The van der Waals surface area contributed by atoms with Gasteiger partial charge in [-0.15, -0.1) is 15.0 Å². The van der Waals surface area contributed by atoms with Crippen LogP contribution in [0.2, 0.25) is 5.02 Å². The average Bonchev–Trinajstić information content (AvgIpc) is 3.14. The lowest BCUT2D eigenvalue weighted by molar-refractivity contribution is 0.597. The molecule has 1 aliphatic heterocycles.